The van der Waals surface area contributed by atoms with Gasteiger partial charge >= 0.3 is 6.09 Å². The van der Waals surface area contributed by atoms with Gasteiger partial charge in [0.05, 0.1) is 52.8 Å². The third-order valence-electron chi connectivity index (χ3n) is 12.2. The highest BCUT2D eigenvalue weighted by Gasteiger charge is 2.44. The molecule has 3 atom stereocenters. The van der Waals surface area contributed by atoms with E-state index < -0.39 is 17.3 Å². The van der Waals surface area contributed by atoms with E-state index >= 15 is 0 Å². The Morgan fingerprint density at radius 3 is 1.88 bits per heavy atom. The SMILES string of the molecule is COc1ccccc1COCCCOc1ccc(C2C(COC(c3ccccc3)(c3ccccc3)c3ccccc3)CN(C(=O)OC(C)(C)C)CC2OCc2ccc3ccccc3c2)cc1. The van der Waals surface area contributed by atoms with Crippen LogP contribution in [0.2, 0.25) is 0 Å². The van der Waals surface area contributed by atoms with Crippen molar-refractivity contribution in [1.29, 1.82) is 0 Å². The van der Waals surface area contributed by atoms with Gasteiger partial charge < -0.3 is 33.3 Å². The van der Waals surface area contributed by atoms with Crippen molar-refractivity contribution < 1.29 is 33.2 Å². The van der Waals surface area contributed by atoms with Gasteiger partial charge in [0.25, 0.3) is 0 Å². The Morgan fingerprint density at radius 2 is 1.24 bits per heavy atom. The number of likely N-dealkylation sites (tertiary alicyclic amines) is 1. The van der Waals surface area contributed by atoms with Crippen molar-refractivity contribution in [2.45, 2.75) is 63.6 Å². The number of benzene rings is 7. The van der Waals surface area contributed by atoms with Gasteiger partial charge in [0, 0.05) is 30.4 Å². The summed E-state index contributed by atoms with van der Waals surface area (Å²) in [6.45, 7) is 8.65. The molecule has 0 aliphatic carbocycles. The lowest BCUT2D eigenvalue weighted by Gasteiger charge is -2.45. The van der Waals surface area contributed by atoms with E-state index in [1.807, 2.05) is 80.3 Å². The summed E-state index contributed by atoms with van der Waals surface area (Å²) in [7, 11) is 1.67. The summed E-state index contributed by atoms with van der Waals surface area (Å²) in [5, 5.41) is 2.32. The highest BCUT2D eigenvalue weighted by Crippen LogP contribution is 2.44. The maximum atomic E-state index is 14.1. The zero-order valence-electron chi connectivity index (χ0n) is 38.5. The third-order valence-corrected chi connectivity index (χ3v) is 12.2. The average Bonchev–Trinajstić information content (AvgIpc) is 3.35. The Balaban J connectivity index is 1.10. The largest absolute Gasteiger partial charge is 0.496 e. The molecule has 0 bridgehead atoms. The molecule has 1 amide bonds. The van der Waals surface area contributed by atoms with E-state index in [4.69, 9.17) is 28.4 Å². The average molecular weight is 884 g/mol. The molecule has 66 heavy (non-hydrogen) atoms. The van der Waals surface area contributed by atoms with Crippen molar-refractivity contribution in [3.63, 3.8) is 0 Å². The Morgan fingerprint density at radius 1 is 0.636 bits per heavy atom. The number of methoxy groups -OCH3 is 1. The number of hydrogen-bond acceptors (Lipinski definition) is 7. The van der Waals surface area contributed by atoms with Gasteiger partial charge in [-0.1, -0.05) is 158 Å². The molecule has 1 aliphatic rings. The van der Waals surface area contributed by atoms with Crippen molar-refractivity contribution in [3.05, 3.63) is 215 Å². The summed E-state index contributed by atoms with van der Waals surface area (Å²) < 4.78 is 38.3. The molecule has 0 aromatic heterocycles. The van der Waals surface area contributed by atoms with Crippen molar-refractivity contribution in [3.8, 4) is 11.5 Å². The van der Waals surface area contributed by atoms with E-state index in [-0.39, 0.29) is 17.9 Å². The zero-order chi connectivity index (χ0) is 45.8. The first kappa shape index (κ1) is 46.1. The Kier molecular flexibility index (Phi) is 15.1. The normalized spacial score (nSPS) is 16.5. The van der Waals surface area contributed by atoms with Crippen LogP contribution in [0.15, 0.2) is 182 Å². The second-order valence-electron chi connectivity index (χ2n) is 17.9. The molecular weight excluding hydrogens is 823 g/mol. The lowest BCUT2D eigenvalue weighted by atomic mass is 9.77. The molecule has 8 rings (SSSR count). The number of amides is 1. The maximum Gasteiger partial charge on any atom is 0.410 e. The van der Waals surface area contributed by atoms with E-state index in [9.17, 15) is 4.79 Å². The molecule has 0 radical (unpaired) electrons. The number of piperidine rings is 1. The van der Waals surface area contributed by atoms with E-state index in [1.165, 1.54) is 5.39 Å². The molecule has 340 valence electrons. The van der Waals surface area contributed by atoms with Gasteiger partial charge in [0.15, 0.2) is 0 Å². The lowest BCUT2D eigenvalue weighted by Crippen LogP contribution is -2.54. The highest BCUT2D eigenvalue weighted by atomic mass is 16.6. The van der Waals surface area contributed by atoms with Gasteiger partial charge in [-0.25, -0.2) is 4.79 Å². The van der Waals surface area contributed by atoms with Crippen LogP contribution in [-0.4, -0.2) is 62.7 Å². The van der Waals surface area contributed by atoms with Crippen LogP contribution in [0, 0.1) is 5.92 Å². The topological polar surface area (TPSA) is 75.7 Å². The fourth-order valence-corrected chi connectivity index (χ4v) is 9.05. The summed E-state index contributed by atoms with van der Waals surface area (Å²) in [4.78, 5) is 15.9. The maximum absolute atomic E-state index is 14.1. The number of carbonyl (C=O) groups is 1. The minimum atomic E-state index is -0.960. The quantitative estimate of drug-likeness (QED) is 0.0627. The number of para-hydroxylation sites is 1. The highest BCUT2D eigenvalue weighted by molar-refractivity contribution is 5.83. The van der Waals surface area contributed by atoms with Gasteiger partial charge in [0.2, 0.25) is 0 Å². The van der Waals surface area contributed by atoms with Gasteiger partial charge in [0.1, 0.15) is 22.7 Å². The second-order valence-corrected chi connectivity index (χ2v) is 17.9. The Labute approximate surface area is 390 Å². The molecule has 0 spiro atoms. The van der Waals surface area contributed by atoms with Crippen LogP contribution in [0.5, 0.6) is 11.5 Å². The smallest absolute Gasteiger partial charge is 0.410 e. The van der Waals surface area contributed by atoms with E-state index in [2.05, 4.69) is 127 Å². The summed E-state index contributed by atoms with van der Waals surface area (Å²) in [6.07, 6.45) is -0.0461. The molecule has 1 fully saturated rings. The number of fused-ring (bicyclic) bond motifs is 1. The predicted molar refractivity (Wildman–Crippen MR) is 261 cm³/mol. The van der Waals surface area contributed by atoms with Crippen LogP contribution in [0.3, 0.4) is 0 Å². The van der Waals surface area contributed by atoms with Crippen LogP contribution >= 0.6 is 0 Å². The van der Waals surface area contributed by atoms with Gasteiger partial charge in [-0.15, -0.1) is 0 Å². The molecule has 1 heterocycles. The van der Waals surface area contributed by atoms with Gasteiger partial charge in [-0.2, -0.15) is 0 Å². The molecule has 0 saturated carbocycles. The fourth-order valence-electron chi connectivity index (χ4n) is 9.05. The summed E-state index contributed by atoms with van der Waals surface area (Å²) >= 11 is 0. The van der Waals surface area contributed by atoms with E-state index in [1.54, 1.807) is 7.11 Å². The lowest BCUT2D eigenvalue weighted by molar-refractivity contribution is -0.0821. The Bertz CT molecular complexity index is 2500. The molecule has 3 unspecified atom stereocenters. The molecule has 1 saturated heterocycles. The molecule has 8 nitrogen and oxygen atoms in total. The summed E-state index contributed by atoms with van der Waals surface area (Å²) in [5.41, 5.74) is 4.54. The van der Waals surface area contributed by atoms with E-state index in [0.29, 0.717) is 46.1 Å². The minimum Gasteiger partial charge on any atom is -0.496 e. The number of carbonyl (C=O) groups excluding carboxylic acids is 1. The number of rotatable bonds is 18. The van der Waals surface area contributed by atoms with Crippen LogP contribution < -0.4 is 9.47 Å². The molecule has 8 heteroatoms. The minimum absolute atomic E-state index is 0.165. The van der Waals surface area contributed by atoms with Crippen LogP contribution in [-0.2, 0) is 37.8 Å². The van der Waals surface area contributed by atoms with Crippen molar-refractivity contribution >= 4 is 16.9 Å². The number of ether oxygens (including phenoxy) is 6. The standard InChI is InChI=1S/C58H61NO7/c1-57(2,3)66-56(60)59-38-48(42-65-58(49-22-8-5-9-23-49,50-24-10-6-11-25-50)51-26-12-7-13-27-51)55(54(39-59)64-40-43-29-30-44-19-14-15-20-46(44)37-43)45-31-33-52(34-32-45)63-36-18-35-62-41-47-21-16-17-28-53(47)61-4/h5-17,19-34,37,48,54-55H,18,35-36,38-42H2,1-4H3. The third kappa shape index (κ3) is 11.3. The van der Waals surface area contributed by atoms with Crippen LogP contribution in [0.25, 0.3) is 10.8 Å². The molecule has 7 aromatic carbocycles. The summed E-state index contributed by atoms with van der Waals surface area (Å²) in [5.74, 6) is 1.21. The van der Waals surface area contributed by atoms with Crippen molar-refractivity contribution in [1.82, 2.24) is 4.90 Å². The first-order chi connectivity index (χ1) is 32.2. The molecular formula is C58H61NO7. The second kappa shape index (κ2) is 21.7. The van der Waals surface area contributed by atoms with Gasteiger partial charge in [-0.3, -0.25) is 0 Å². The first-order valence-corrected chi connectivity index (χ1v) is 23.0. The summed E-state index contributed by atoms with van der Waals surface area (Å²) in [6, 6.07) is 62.3. The fraction of sp³-hybridized carbons (Fsp3) is 0.293. The van der Waals surface area contributed by atoms with Crippen molar-refractivity contribution in [2.24, 2.45) is 5.92 Å². The number of hydrogen-bond donors (Lipinski definition) is 0. The monoisotopic (exact) mass is 883 g/mol. The molecule has 1 aliphatic heterocycles. The van der Waals surface area contributed by atoms with Gasteiger partial charge in [-0.05, 0) is 83.6 Å². The van der Waals surface area contributed by atoms with Crippen LogP contribution in [0.1, 0.15) is 66.5 Å². The molecule has 0 N–H and O–H groups in total. The first-order valence-electron chi connectivity index (χ1n) is 23.0. The van der Waals surface area contributed by atoms with E-state index in [0.717, 1.165) is 56.7 Å². The number of nitrogens with zero attached hydrogens (tertiary/aromatic N) is 1. The Hall–Kier alpha value is -6.45. The predicted octanol–water partition coefficient (Wildman–Crippen LogP) is 12.4. The van der Waals surface area contributed by atoms with Crippen LogP contribution in [0.4, 0.5) is 4.79 Å². The molecule has 7 aromatic rings. The van der Waals surface area contributed by atoms with Crippen molar-refractivity contribution in [2.75, 3.05) is 40.0 Å². The zero-order valence-corrected chi connectivity index (χ0v) is 38.5.